The van der Waals surface area contributed by atoms with Crippen molar-refractivity contribution >= 4 is 54.4 Å². The average Bonchev–Trinajstić information content (AvgIpc) is 3.14. The van der Waals surface area contributed by atoms with Crippen LogP contribution in [0.3, 0.4) is 0 Å². The fourth-order valence-electron chi connectivity index (χ4n) is 3.15. The Hall–Kier alpha value is 0.820. The van der Waals surface area contributed by atoms with Crippen LogP contribution in [0.15, 0.2) is 28.8 Å². The Balaban J connectivity index is 0.00000341. The maximum absolute atomic E-state index is 12.8. The minimum Gasteiger partial charge on any atom is -0.809 e. The van der Waals surface area contributed by atoms with E-state index in [1.807, 2.05) is 5.32 Å². The number of carbonyl (C=O) groups excluding carboxylic acids is 4. The second-order valence-corrected chi connectivity index (χ2v) is 10.2. The normalized spacial score (nSPS) is 21.4. The number of rotatable bonds is 7. The molecular formula is C16H14N2Na3O9PS2. The van der Waals surface area contributed by atoms with Crippen molar-refractivity contribution in [1.29, 1.82) is 0 Å². The topological polar surface area (TPSA) is 179 Å². The standard InChI is InChI=1S/C16H17N2O9PS2.3Na/c1-8(19)27-6-9-7-30-15-16(28(24,25)26,14(23)18(15)12(9)13(21)22)17-11(20)5-10-3-2-4-29-10;;;/h2-4,15H,5-7H2,1H3,(H,17,20)(H,21,22)(H2,24,25,26);;;/q;3*+1/p-3/t15-,16+;;;/m1.../s1. The van der Waals surface area contributed by atoms with Gasteiger partial charge in [-0.3, -0.25) is 19.3 Å². The number of esters is 1. The second kappa shape index (κ2) is 13.4. The molecule has 0 bridgehead atoms. The Bertz CT molecular complexity index is 1000. The summed E-state index contributed by atoms with van der Waals surface area (Å²) in [6.07, 6.45) is -0.259. The van der Waals surface area contributed by atoms with Crippen LogP contribution < -0.4 is 109 Å². The monoisotopic (exact) mass is 542 g/mol. The molecule has 17 heteroatoms. The number of thioether (sulfide) groups is 1. The van der Waals surface area contributed by atoms with Gasteiger partial charge >= 0.3 is 94.6 Å². The second-order valence-electron chi connectivity index (χ2n) is 6.43. The maximum atomic E-state index is 12.8. The zero-order valence-electron chi connectivity index (χ0n) is 18.3. The summed E-state index contributed by atoms with van der Waals surface area (Å²) in [5.41, 5.74) is -0.675. The summed E-state index contributed by atoms with van der Waals surface area (Å²) >= 11 is 1.99. The minimum atomic E-state index is -5.76. The van der Waals surface area contributed by atoms with Crippen LogP contribution >= 0.6 is 30.7 Å². The molecule has 1 N–H and O–H groups in total. The summed E-state index contributed by atoms with van der Waals surface area (Å²) in [5, 5.41) is 11.0. The van der Waals surface area contributed by atoms with Crippen molar-refractivity contribution in [1.82, 2.24) is 10.2 Å². The Kier molecular flexibility index (Phi) is 13.7. The van der Waals surface area contributed by atoms with Crippen molar-refractivity contribution in [2.45, 2.75) is 24.0 Å². The fraction of sp³-hybridized carbons (Fsp3) is 0.375. The molecule has 0 aromatic carbocycles. The Morgan fingerprint density at radius 1 is 1.30 bits per heavy atom. The van der Waals surface area contributed by atoms with Crippen LogP contribution in [-0.2, 0) is 34.9 Å². The summed E-state index contributed by atoms with van der Waals surface area (Å²) < 4.78 is 16.8. The van der Waals surface area contributed by atoms with E-state index in [4.69, 9.17) is 4.74 Å². The number of carboxylic acids is 1. The van der Waals surface area contributed by atoms with E-state index in [-0.39, 0.29) is 106 Å². The van der Waals surface area contributed by atoms with Gasteiger partial charge in [0.1, 0.15) is 12.0 Å². The number of fused-ring (bicyclic) bond motifs is 1. The molecule has 11 nitrogen and oxygen atoms in total. The number of carboxylic acid groups (broad SMARTS) is 1. The molecule has 2 amide bonds. The number of β-lactam (4-membered cyclic amide) rings is 1. The van der Waals surface area contributed by atoms with Gasteiger partial charge in [0, 0.05) is 23.1 Å². The number of hydrogen-bond acceptors (Lipinski definition) is 11. The molecule has 2 aliphatic rings. The molecule has 3 rings (SSSR count). The molecule has 0 unspecified atom stereocenters. The third-order valence-electron chi connectivity index (χ3n) is 4.45. The van der Waals surface area contributed by atoms with Crippen LogP contribution in [0.1, 0.15) is 11.8 Å². The fourth-order valence-corrected chi connectivity index (χ4v) is 6.79. The molecule has 0 saturated carbocycles. The number of nitrogens with zero attached hydrogens (tertiary/aromatic N) is 1. The Morgan fingerprint density at radius 2 is 1.94 bits per heavy atom. The van der Waals surface area contributed by atoms with Crippen LogP contribution in [-0.4, -0.2) is 51.7 Å². The molecule has 3 heterocycles. The van der Waals surface area contributed by atoms with Crippen molar-refractivity contribution in [3.63, 3.8) is 0 Å². The summed E-state index contributed by atoms with van der Waals surface area (Å²) in [7, 11) is -5.76. The number of ether oxygens (including phenoxy) is 1. The number of amides is 2. The van der Waals surface area contributed by atoms with E-state index in [2.05, 4.69) is 0 Å². The first-order valence-corrected chi connectivity index (χ1v) is 11.8. The Morgan fingerprint density at radius 3 is 2.42 bits per heavy atom. The van der Waals surface area contributed by atoms with Crippen molar-refractivity contribution in [2.75, 3.05) is 12.4 Å². The summed E-state index contributed by atoms with van der Waals surface area (Å²) in [5.74, 6) is -4.93. The molecular weight excluding hydrogens is 528 g/mol. The molecule has 0 spiro atoms. The van der Waals surface area contributed by atoms with Gasteiger partial charge in [-0.15, -0.1) is 23.1 Å². The molecule has 1 aromatic rings. The van der Waals surface area contributed by atoms with Gasteiger partial charge in [-0.05, 0) is 19.0 Å². The molecule has 2 atom stereocenters. The van der Waals surface area contributed by atoms with E-state index >= 15 is 0 Å². The number of hydrogen-bond donors (Lipinski definition) is 1. The molecule has 2 aliphatic heterocycles. The Labute approximate surface area is 263 Å². The van der Waals surface area contributed by atoms with Gasteiger partial charge in [0.2, 0.25) is 5.91 Å². The van der Waals surface area contributed by atoms with Crippen molar-refractivity contribution in [2.24, 2.45) is 0 Å². The van der Waals surface area contributed by atoms with Gasteiger partial charge in [-0.1, -0.05) is 6.07 Å². The van der Waals surface area contributed by atoms with E-state index in [9.17, 15) is 38.6 Å². The molecule has 33 heavy (non-hydrogen) atoms. The van der Waals surface area contributed by atoms with E-state index in [1.54, 1.807) is 17.5 Å². The number of aliphatic carboxylic acids is 1. The van der Waals surface area contributed by atoms with Gasteiger partial charge in [-0.25, -0.2) is 0 Å². The van der Waals surface area contributed by atoms with Crippen molar-refractivity contribution in [3.8, 4) is 0 Å². The third-order valence-corrected chi connectivity index (χ3v) is 8.31. The first-order chi connectivity index (χ1) is 14.0. The van der Waals surface area contributed by atoms with Gasteiger partial charge in [0.15, 0.2) is 5.28 Å². The predicted molar refractivity (Wildman–Crippen MR) is 98.3 cm³/mol. The molecule has 162 valence electrons. The van der Waals surface area contributed by atoms with Gasteiger partial charge in [0.05, 0.1) is 18.1 Å². The maximum Gasteiger partial charge on any atom is 1.00 e. The molecule has 1 aromatic heterocycles. The van der Waals surface area contributed by atoms with E-state index in [0.29, 0.717) is 9.78 Å². The summed E-state index contributed by atoms with van der Waals surface area (Å²) in [4.78, 5) is 73.1. The van der Waals surface area contributed by atoms with E-state index in [1.165, 1.54) is 11.3 Å². The molecule has 0 radical (unpaired) electrons. The minimum absolute atomic E-state index is 0. The summed E-state index contributed by atoms with van der Waals surface area (Å²) in [6.45, 7) is 0.651. The van der Waals surface area contributed by atoms with E-state index in [0.717, 1.165) is 18.7 Å². The third kappa shape index (κ3) is 6.78. The van der Waals surface area contributed by atoms with Crippen molar-refractivity contribution < 1.29 is 132 Å². The molecule has 1 saturated heterocycles. The number of carbonyl (C=O) groups is 4. The SMILES string of the molecule is CC(=O)OCC1=C(C(=O)[O-])N2C(=O)[C@](NC(=O)Cc3cccs3)(P(=O)([O-])[O-])[C@H]2SC1.[Na+].[Na+].[Na+]. The zero-order valence-corrected chi connectivity index (χ0v) is 26.8. The van der Waals surface area contributed by atoms with Crippen LogP contribution in [0.2, 0.25) is 0 Å². The number of thiophene rings is 1. The van der Waals surface area contributed by atoms with Gasteiger partial charge < -0.3 is 34.3 Å². The average molecular weight is 542 g/mol. The number of nitrogens with one attached hydrogen (secondary N) is 1. The zero-order chi connectivity index (χ0) is 22.3. The molecule has 0 aliphatic carbocycles. The predicted octanol–water partition coefficient (Wildman–Crippen LogP) is -11.5. The quantitative estimate of drug-likeness (QED) is 0.151. The van der Waals surface area contributed by atoms with Gasteiger partial charge in [0.25, 0.3) is 5.91 Å². The first kappa shape index (κ1) is 33.8. The van der Waals surface area contributed by atoms with Crippen LogP contribution in [0.4, 0.5) is 0 Å². The van der Waals surface area contributed by atoms with E-state index < -0.39 is 54.3 Å². The summed E-state index contributed by atoms with van der Waals surface area (Å²) in [6, 6.07) is 3.29. The smallest absolute Gasteiger partial charge is 0.809 e. The molecule has 1 fully saturated rings. The van der Waals surface area contributed by atoms with Crippen LogP contribution in [0, 0.1) is 0 Å². The van der Waals surface area contributed by atoms with Crippen molar-refractivity contribution in [3.05, 3.63) is 33.7 Å². The van der Waals surface area contributed by atoms with Crippen LogP contribution in [0.5, 0.6) is 0 Å². The largest absolute Gasteiger partial charge is 1.00 e. The first-order valence-electron chi connectivity index (χ1n) is 8.36. The van der Waals surface area contributed by atoms with Gasteiger partial charge in [-0.2, -0.15) is 0 Å². The van der Waals surface area contributed by atoms with Crippen LogP contribution in [0.25, 0.3) is 0 Å².